The lowest BCUT2D eigenvalue weighted by molar-refractivity contribution is -0.275. The number of nitrogens with one attached hydrogen (secondary N) is 1. The Kier molecular flexibility index (Phi) is 5.27. The van der Waals surface area contributed by atoms with Crippen LogP contribution in [0, 0.1) is 0 Å². The molecule has 0 fully saturated rings. The highest BCUT2D eigenvalue weighted by atomic mass is 19.4. The molecule has 1 aromatic carbocycles. The predicted molar refractivity (Wildman–Crippen MR) is 60.2 cm³/mol. The number of para-hydroxylation sites is 1. The Morgan fingerprint density at radius 2 is 1.70 bits per heavy atom. The van der Waals surface area contributed by atoms with Crippen molar-refractivity contribution in [1.82, 2.24) is 5.32 Å². The molecule has 2 nitrogen and oxygen atoms in total. The van der Waals surface area contributed by atoms with Crippen LogP contribution in [-0.4, -0.2) is 19.1 Å². The molecule has 0 amide bonds. The fourth-order valence-electron chi connectivity index (χ4n) is 1.63. The van der Waals surface area contributed by atoms with Gasteiger partial charge in [-0.05, 0) is 19.0 Å². The molecule has 0 aliphatic carbocycles. The average Bonchev–Trinajstić information content (AvgIpc) is 2.28. The minimum atomic E-state index is -5.04. The topological polar surface area (TPSA) is 21.3 Å². The van der Waals surface area contributed by atoms with Crippen LogP contribution in [0.1, 0.15) is 24.9 Å². The van der Waals surface area contributed by atoms with Gasteiger partial charge >= 0.3 is 12.5 Å². The van der Waals surface area contributed by atoms with E-state index in [-0.39, 0.29) is 6.54 Å². The van der Waals surface area contributed by atoms with E-state index in [1.165, 1.54) is 12.1 Å². The van der Waals surface area contributed by atoms with E-state index in [0.29, 0.717) is 6.42 Å². The molecule has 0 heterocycles. The summed E-state index contributed by atoms with van der Waals surface area (Å²) < 4.78 is 79.1. The first-order valence-corrected chi connectivity index (χ1v) is 5.80. The van der Waals surface area contributed by atoms with Gasteiger partial charge in [0.05, 0.1) is 0 Å². The van der Waals surface area contributed by atoms with Gasteiger partial charge in [0.1, 0.15) is 11.8 Å². The van der Waals surface area contributed by atoms with E-state index in [0.717, 1.165) is 12.1 Å². The summed E-state index contributed by atoms with van der Waals surface area (Å²) in [6, 6.07) is 2.01. The Balaban J connectivity index is 3.13. The molecule has 0 spiro atoms. The summed E-state index contributed by atoms with van der Waals surface area (Å²) >= 11 is 0. The van der Waals surface area contributed by atoms with Gasteiger partial charge in [-0.25, -0.2) is 0 Å². The molecule has 0 radical (unpaired) electrons. The number of hydrogen-bond donors (Lipinski definition) is 1. The quantitative estimate of drug-likeness (QED) is 0.823. The summed E-state index contributed by atoms with van der Waals surface area (Å²) in [5, 5.41) is 2.18. The molecule has 1 aromatic rings. The van der Waals surface area contributed by atoms with Crippen molar-refractivity contribution in [3.63, 3.8) is 0 Å². The Morgan fingerprint density at radius 1 is 1.10 bits per heavy atom. The first-order valence-electron chi connectivity index (χ1n) is 5.80. The molecule has 1 atom stereocenters. The van der Waals surface area contributed by atoms with E-state index in [4.69, 9.17) is 0 Å². The summed E-state index contributed by atoms with van der Waals surface area (Å²) in [7, 11) is 0. The lowest BCUT2D eigenvalue weighted by atomic mass is 10.1. The maximum atomic E-state index is 12.9. The SMILES string of the molecule is CCCNC(c1ccccc1OC(F)(F)F)C(F)(F)F. The van der Waals surface area contributed by atoms with Crippen LogP contribution in [0.5, 0.6) is 5.75 Å². The second-order valence-electron chi connectivity index (χ2n) is 4.01. The number of alkyl halides is 6. The highest BCUT2D eigenvalue weighted by Crippen LogP contribution is 2.38. The zero-order valence-electron chi connectivity index (χ0n) is 10.5. The standard InChI is InChI=1S/C12H13F6NO/c1-2-7-19-10(11(13,14)15)8-5-3-4-6-9(8)20-12(16,17)18/h3-6,10,19H,2,7H2,1H3. The zero-order valence-corrected chi connectivity index (χ0v) is 10.5. The average molecular weight is 301 g/mol. The van der Waals surface area contributed by atoms with Crippen molar-refractivity contribution in [2.45, 2.75) is 31.9 Å². The van der Waals surface area contributed by atoms with Crippen LogP contribution in [0.2, 0.25) is 0 Å². The van der Waals surface area contributed by atoms with Crippen molar-refractivity contribution in [2.24, 2.45) is 0 Å². The zero-order chi connectivity index (χ0) is 15.4. The second-order valence-corrected chi connectivity index (χ2v) is 4.01. The van der Waals surface area contributed by atoms with Crippen LogP contribution in [0.4, 0.5) is 26.3 Å². The molecule has 0 bridgehead atoms. The van der Waals surface area contributed by atoms with Gasteiger partial charge in [-0.2, -0.15) is 13.2 Å². The molecule has 0 aromatic heterocycles. The van der Waals surface area contributed by atoms with Crippen molar-refractivity contribution < 1.29 is 31.1 Å². The maximum absolute atomic E-state index is 12.9. The van der Waals surface area contributed by atoms with Gasteiger partial charge < -0.3 is 10.1 Å². The third-order valence-electron chi connectivity index (χ3n) is 2.38. The Morgan fingerprint density at radius 3 is 2.20 bits per heavy atom. The second kappa shape index (κ2) is 6.34. The van der Waals surface area contributed by atoms with Gasteiger partial charge in [0.25, 0.3) is 0 Å². The first kappa shape index (κ1) is 16.6. The van der Waals surface area contributed by atoms with E-state index >= 15 is 0 Å². The maximum Gasteiger partial charge on any atom is 0.573 e. The Labute approximate surface area is 111 Å². The van der Waals surface area contributed by atoms with Crippen LogP contribution in [-0.2, 0) is 0 Å². The van der Waals surface area contributed by atoms with Crippen molar-refractivity contribution in [3.05, 3.63) is 29.8 Å². The third-order valence-corrected chi connectivity index (χ3v) is 2.38. The smallest absolute Gasteiger partial charge is 0.405 e. The lowest BCUT2D eigenvalue weighted by Crippen LogP contribution is -2.35. The Bertz CT molecular complexity index is 429. The molecular formula is C12H13F6NO. The molecule has 0 saturated carbocycles. The van der Waals surface area contributed by atoms with E-state index in [1.807, 2.05) is 0 Å². The monoisotopic (exact) mass is 301 g/mol. The van der Waals surface area contributed by atoms with Gasteiger partial charge in [-0.3, -0.25) is 0 Å². The molecular weight excluding hydrogens is 288 g/mol. The summed E-state index contributed by atoms with van der Waals surface area (Å²) in [4.78, 5) is 0. The van der Waals surface area contributed by atoms with Crippen molar-refractivity contribution in [2.75, 3.05) is 6.54 Å². The Hall–Kier alpha value is -1.44. The van der Waals surface area contributed by atoms with E-state index in [2.05, 4.69) is 10.1 Å². The van der Waals surface area contributed by atoms with E-state index < -0.39 is 29.9 Å². The largest absolute Gasteiger partial charge is 0.573 e. The molecule has 0 saturated heterocycles. The summed E-state index contributed by atoms with van der Waals surface area (Å²) in [5.74, 6) is -0.856. The normalized spacial score (nSPS) is 14.2. The molecule has 114 valence electrons. The van der Waals surface area contributed by atoms with Gasteiger partial charge in [-0.15, -0.1) is 13.2 Å². The molecule has 1 N–H and O–H groups in total. The lowest BCUT2D eigenvalue weighted by Gasteiger charge is -2.24. The summed E-state index contributed by atoms with van der Waals surface area (Å²) in [6.07, 6.45) is -9.36. The van der Waals surface area contributed by atoms with Crippen molar-refractivity contribution in [3.8, 4) is 5.75 Å². The third kappa shape index (κ3) is 4.92. The van der Waals surface area contributed by atoms with Crippen LogP contribution in [0.15, 0.2) is 24.3 Å². The van der Waals surface area contributed by atoms with E-state index in [1.54, 1.807) is 6.92 Å². The molecule has 0 aliphatic heterocycles. The fourth-order valence-corrected chi connectivity index (χ4v) is 1.63. The van der Waals surface area contributed by atoms with Crippen LogP contribution in [0.3, 0.4) is 0 Å². The minimum Gasteiger partial charge on any atom is -0.405 e. The highest BCUT2D eigenvalue weighted by Gasteiger charge is 2.43. The first-order chi connectivity index (χ1) is 9.15. The number of rotatable bonds is 5. The molecule has 20 heavy (non-hydrogen) atoms. The van der Waals surface area contributed by atoms with Gasteiger partial charge in [0.2, 0.25) is 0 Å². The molecule has 8 heteroatoms. The highest BCUT2D eigenvalue weighted by molar-refractivity contribution is 5.37. The van der Waals surface area contributed by atoms with Crippen LogP contribution < -0.4 is 10.1 Å². The van der Waals surface area contributed by atoms with Crippen molar-refractivity contribution in [1.29, 1.82) is 0 Å². The number of benzene rings is 1. The minimum absolute atomic E-state index is 0.0184. The van der Waals surface area contributed by atoms with Gasteiger partial charge in [0.15, 0.2) is 0 Å². The number of hydrogen-bond acceptors (Lipinski definition) is 2. The number of halogens is 6. The van der Waals surface area contributed by atoms with Crippen molar-refractivity contribution >= 4 is 0 Å². The van der Waals surface area contributed by atoms with Gasteiger partial charge in [0, 0.05) is 5.56 Å². The van der Waals surface area contributed by atoms with Crippen LogP contribution in [0.25, 0.3) is 0 Å². The molecule has 1 unspecified atom stereocenters. The van der Waals surface area contributed by atoms with Crippen LogP contribution >= 0.6 is 0 Å². The predicted octanol–water partition coefficient (Wildman–Crippen LogP) is 4.19. The fraction of sp³-hybridized carbons (Fsp3) is 0.500. The molecule has 1 rings (SSSR count). The molecule has 0 aliphatic rings. The summed E-state index contributed by atoms with van der Waals surface area (Å²) in [5.41, 5.74) is -0.592. The van der Waals surface area contributed by atoms with E-state index in [9.17, 15) is 26.3 Å². The summed E-state index contributed by atoms with van der Waals surface area (Å²) in [6.45, 7) is 1.67. The van der Waals surface area contributed by atoms with Gasteiger partial charge in [-0.1, -0.05) is 25.1 Å². The number of ether oxygens (including phenoxy) is 1.